The fourth-order valence-corrected chi connectivity index (χ4v) is 3.69. The van der Waals surface area contributed by atoms with Crippen molar-refractivity contribution < 1.29 is 17.6 Å². The van der Waals surface area contributed by atoms with E-state index in [1.54, 1.807) is 48.3 Å². The van der Waals surface area contributed by atoms with Gasteiger partial charge in [0.25, 0.3) is 0 Å². The molecular formula is C19H24FN3O3S. The highest BCUT2D eigenvalue weighted by Crippen LogP contribution is 2.17. The Morgan fingerprint density at radius 3 is 2.33 bits per heavy atom. The highest BCUT2D eigenvalue weighted by Gasteiger charge is 2.22. The van der Waals surface area contributed by atoms with Crippen LogP contribution in [0.15, 0.2) is 59.5 Å². The number of nitrogens with zero attached hydrogens (tertiary/aromatic N) is 2. The van der Waals surface area contributed by atoms with Crippen LogP contribution < -0.4 is 10.2 Å². The lowest BCUT2D eigenvalue weighted by atomic mass is 10.2. The molecule has 0 aliphatic heterocycles. The van der Waals surface area contributed by atoms with Gasteiger partial charge in [-0.25, -0.2) is 12.8 Å². The Hall–Kier alpha value is -2.45. The van der Waals surface area contributed by atoms with Gasteiger partial charge in [-0.05, 0) is 30.7 Å². The fraction of sp³-hybridized carbons (Fsp3) is 0.316. The standard InChI is InChI=1S/C19H24FN3O3S/c1-22(18-12-7-6-11-17(18)20)14-8-13-21-19(24)15-23(2)27(25,26)16-9-4-3-5-10-16/h3-7,9-12H,8,13-15H2,1-2H3,(H,21,24). The maximum Gasteiger partial charge on any atom is 0.243 e. The van der Waals surface area contributed by atoms with Crippen molar-refractivity contribution in [2.75, 3.05) is 38.6 Å². The second kappa shape index (κ2) is 9.48. The summed E-state index contributed by atoms with van der Waals surface area (Å²) in [4.78, 5) is 13.9. The maximum atomic E-state index is 13.7. The van der Waals surface area contributed by atoms with E-state index in [0.717, 1.165) is 4.31 Å². The number of anilines is 1. The molecule has 0 saturated carbocycles. The summed E-state index contributed by atoms with van der Waals surface area (Å²) < 4.78 is 39.5. The van der Waals surface area contributed by atoms with Crippen molar-refractivity contribution in [2.24, 2.45) is 0 Å². The van der Waals surface area contributed by atoms with Crippen molar-refractivity contribution in [2.45, 2.75) is 11.3 Å². The molecule has 2 aromatic carbocycles. The molecule has 0 spiro atoms. The van der Waals surface area contributed by atoms with Crippen LogP contribution in [0.25, 0.3) is 0 Å². The summed E-state index contributed by atoms with van der Waals surface area (Å²) in [5.74, 6) is -0.678. The minimum Gasteiger partial charge on any atom is -0.372 e. The lowest BCUT2D eigenvalue weighted by Gasteiger charge is -2.20. The molecule has 0 aromatic heterocycles. The number of rotatable bonds is 9. The smallest absolute Gasteiger partial charge is 0.243 e. The quantitative estimate of drug-likeness (QED) is 0.663. The van der Waals surface area contributed by atoms with Gasteiger partial charge in [-0.1, -0.05) is 30.3 Å². The Morgan fingerprint density at radius 1 is 1.04 bits per heavy atom. The first kappa shape index (κ1) is 20.9. The number of para-hydroxylation sites is 1. The van der Waals surface area contributed by atoms with Gasteiger partial charge in [-0.3, -0.25) is 4.79 Å². The summed E-state index contributed by atoms with van der Waals surface area (Å²) in [6, 6.07) is 14.5. The highest BCUT2D eigenvalue weighted by atomic mass is 32.2. The van der Waals surface area contributed by atoms with Gasteiger partial charge in [-0.2, -0.15) is 4.31 Å². The average molecular weight is 393 g/mol. The van der Waals surface area contributed by atoms with Gasteiger partial charge in [-0.15, -0.1) is 0 Å². The molecule has 0 heterocycles. The second-order valence-electron chi connectivity index (χ2n) is 6.15. The molecule has 0 atom stereocenters. The van der Waals surface area contributed by atoms with Crippen LogP contribution in [0.5, 0.6) is 0 Å². The van der Waals surface area contributed by atoms with Crippen LogP contribution in [0.1, 0.15) is 6.42 Å². The Kier molecular flexibility index (Phi) is 7.32. The van der Waals surface area contributed by atoms with E-state index in [-0.39, 0.29) is 23.2 Å². The van der Waals surface area contributed by atoms with Crippen LogP contribution in [0.3, 0.4) is 0 Å². The maximum absolute atomic E-state index is 13.7. The van der Waals surface area contributed by atoms with Crippen LogP contribution in [-0.2, 0) is 14.8 Å². The minimum absolute atomic E-state index is 0.145. The topological polar surface area (TPSA) is 69.7 Å². The van der Waals surface area contributed by atoms with Crippen molar-refractivity contribution >= 4 is 21.6 Å². The Morgan fingerprint density at radius 2 is 1.67 bits per heavy atom. The van der Waals surface area contributed by atoms with Gasteiger partial charge in [0.1, 0.15) is 5.82 Å². The average Bonchev–Trinajstić information content (AvgIpc) is 2.66. The molecule has 0 fully saturated rings. The number of likely N-dealkylation sites (N-methyl/N-ethyl adjacent to an activating group) is 1. The molecule has 0 saturated heterocycles. The monoisotopic (exact) mass is 393 g/mol. The fourth-order valence-electron chi connectivity index (χ4n) is 2.54. The molecule has 0 aliphatic rings. The van der Waals surface area contributed by atoms with Crippen molar-refractivity contribution in [1.82, 2.24) is 9.62 Å². The number of carbonyl (C=O) groups excluding carboxylic acids is 1. The Labute approximate surface area is 159 Å². The summed E-state index contributed by atoms with van der Waals surface area (Å²) >= 11 is 0. The Balaban J connectivity index is 1.77. The molecule has 0 unspecified atom stereocenters. The molecule has 1 N–H and O–H groups in total. The van der Waals surface area contributed by atoms with E-state index in [9.17, 15) is 17.6 Å². The van der Waals surface area contributed by atoms with Crippen molar-refractivity contribution in [1.29, 1.82) is 0 Å². The van der Waals surface area contributed by atoms with Crippen LogP contribution >= 0.6 is 0 Å². The second-order valence-corrected chi connectivity index (χ2v) is 8.20. The number of halogens is 1. The molecule has 27 heavy (non-hydrogen) atoms. The number of carbonyl (C=O) groups is 1. The predicted octanol–water partition coefficient (Wildman–Crippen LogP) is 2.09. The van der Waals surface area contributed by atoms with E-state index in [4.69, 9.17) is 0 Å². The van der Waals surface area contributed by atoms with E-state index in [1.165, 1.54) is 25.2 Å². The van der Waals surface area contributed by atoms with Gasteiger partial charge >= 0.3 is 0 Å². The molecule has 0 bridgehead atoms. The van der Waals surface area contributed by atoms with E-state index in [0.29, 0.717) is 25.2 Å². The van der Waals surface area contributed by atoms with Crippen molar-refractivity contribution in [3.63, 3.8) is 0 Å². The summed E-state index contributed by atoms with van der Waals surface area (Å²) in [7, 11) is -0.549. The zero-order chi connectivity index (χ0) is 19.9. The molecule has 1 amide bonds. The number of hydrogen-bond donors (Lipinski definition) is 1. The van der Waals surface area contributed by atoms with Crippen LogP contribution in [0.4, 0.5) is 10.1 Å². The number of benzene rings is 2. The summed E-state index contributed by atoms with van der Waals surface area (Å²) in [5, 5.41) is 2.69. The van der Waals surface area contributed by atoms with Crippen LogP contribution in [0, 0.1) is 5.82 Å². The molecule has 2 aromatic rings. The SMILES string of the molecule is CN(CCCNC(=O)CN(C)S(=O)(=O)c1ccccc1)c1ccccc1F. The van der Waals surface area contributed by atoms with Gasteiger partial charge in [0.15, 0.2) is 0 Å². The molecular weight excluding hydrogens is 369 g/mol. The number of amides is 1. The minimum atomic E-state index is -3.70. The van der Waals surface area contributed by atoms with Gasteiger partial charge < -0.3 is 10.2 Å². The molecule has 146 valence electrons. The first-order chi connectivity index (χ1) is 12.8. The lowest BCUT2D eigenvalue weighted by Crippen LogP contribution is -2.39. The lowest BCUT2D eigenvalue weighted by molar-refractivity contribution is -0.121. The normalized spacial score (nSPS) is 11.4. The number of nitrogens with one attached hydrogen (secondary N) is 1. The first-order valence-corrected chi connectivity index (χ1v) is 10.00. The number of hydrogen-bond acceptors (Lipinski definition) is 4. The third kappa shape index (κ3) is 5.77. The third-order valence-electron chi connectivity index (χ3n) is 4.07. The molecule has 8 heteroatoms. The summed E-state index contributed by atoms with van der Waals surface area (Å²) in [6.45, 7) is 0.663. The van der Waals surface area contributed by atoms with Gasteiger partial charge in [0, 0.05) is 27.2 Å². The molecule has 0 radical (unpaired) electrons. The van der Waals surface area contributed by atoms with Gasteiger partial charge in [0.2, 0.25) is 15.9 Å². The van der Waals surface area contributed by atoms with E-state index >= 15 is 0 Å². The van der Waals surface area contributed by atoms with Crippen LogP contribution in [-0.4, -0.2) is 52.4 Å². The van der Waals surface area contributed by atoms with Gasteiger partial charge in [0.05, 0.1) is 17.1 Å². The summed E-state index contributed by atoms with van der Waals surface area (Å²) in [5.41, 5.74) is 0.498. The highest BCUT2D eigenvalue weighted by molar-refractivity contribution is 7.89. The van der Waals surface area contributed by atoms with Crippen molar-refractivity contribution in [3.8, 4) is 0 Å². The predicted molar refractivity (Wildman–Crippen MR) is 104 cm³/mol. The third-order valence-corrected chi connectivity index (χ3v) is 5.89. The zero-order valence-corrected chi connectivity index (χ0v) is 16.2. The molecule has 2 rings (SSSR count). The van der Waals surface area contributed by atoms with E-state index in [2.05, 4.69) is 5.32 Å². The first-order valence-electron chi connectivity index (χ1n) is 8.56. The van der Waals surface area contributed by atoms with Crippen LogP contribution in [0.2, 0.25) is 0 Å². The molecule has 6 nitrogen and oxygen atoms in total. The van der Waals surface area contributed by atoms with E-state index < -0.39 is 10.0 Å². The number of sulfonamides is 1. The molecule has 0 aliphatic carbocycles. The Bertz CT molecular complexity index is 860. The van der Waals surface area contributed by atoms with Crippen molar-refractivity contribution in [3.05, 3.63) is 60.4 Å². The summed E-state index contributed by atoms with van der Waals surface area (Å²) in [6.07, 6.45) is 0.603. The van der Waals surface area contributed by atoms with E-state index in [1.807, 2.05) is 0 Å². The zero-order valence-electron chi connectivity index (χ0n) is 15.4. The largest absolute Gasteiger partial charge is 0.372 e.